The minimum absolute atomic E-state index is 0.0170. The summed E-state index contributed by atoms with van der Waals surface area (Å²) >= 11 is 0. The molecule has 2 aromatic carbocycles. The average molecular weight is 1080 g/mol. The second-order valence-electron chi connectivity index (χ2n) is 26.5. The lowest BCUT2D eigenvalue weighted by Crippen LogP contribution is -2.35. The van der Waals surface area contributed by atoms with Crippen LogP contribution in [0.4, 0.5) is 0 Å². The number of carbonyl (C=O) groups is 6. The number of hydrogen-bond donors (Lipinski definition) is 0. The Hall–Kier alpha value is -5.27. The van der Waals surface area contributed by atoms with Gasteiger partial charge in [0.25, 0.3) is 0 Å². The number of para-hydroxylation sites is 2. The first-order chi connectivity index (χ1) is 37.2. The van der Waals surface area contributed by atoms with Gasteiger partial charge in [-0.05, 0) is 207 Å². The Kier molecular flexibility index (Phi) is 18.4. The third kappa shape index (κ3) is 14.4. The van der Waals surface area contributed by atoms with Crippen molar-refractivity contribution in [3.63, 3.8) is 0 Å². The molecule has 0 radical (unpaired) electrons. The highest BCUT2D eigenvalue weighted by Gasteiger charge is 2.40. The number of esters is 6. The minimum atomic E-state index is -0.416. The van der Waals surface area contributed by atoms with Crippen LogP contribution in [0.1, 0.15) is 196 Å². The number of rotatable bonds is 13. The van der Waals surface area contributed by atoms with E-state index in [0.29, 0.717) is 132 Å². The summed E-state index contributed by atoms with van der Waals surface area (Å²) in [5, 5.41) is 0. The maximum Gasteiger partial charge on any atom is 0.314 e. The molecule has 6 saturated carbocycles. The van der Waals surface area contributed by atoms with E-state index in [4.69, 9.17) is 33.4 Å². The Morgan fingerprint density at radius 2 is 0.756 bits per heavy atom. The van der Waals surface area contributed by atoms with Crippen molar-refractivity contribution in [2.45, 2.75) is 220 Å². The summed E-state index contributed by atoms with van der Waals surface area (Å²) in [6, 6.07) is 12.7. The van der Waals surface area contributed by atoms with Crippen molar-refractivity contribution in [2.75, 3.05) is 0 Å². The first-order valence-corrected chi connectivity index (χ1v) is 30.1. The molecule has 1 aromatic heterocycles. The van der Waals surface area contributed by atoms with Crippen LogP contribution in [0, 0.1) is 58.2 Å². The molecule has 1 heterocycles. The van der Waals surface area contributed by atoms with Crippen LogP contribution in [0.25, 0.3) is 22.4 Å². The largest absolute Gasteiger partial charge is 0.462 e. The molecule has 0 bridgehead atoms. The summed E-state index contributed by atoms with van der Waals surface area (Å²) in [6.07, 6.45) is 16.6. The maximum atomic E-state index is 13.9. The van der Waals surface area contributed by atoms with Crippen molar-refractivity contribution in [1.82, 2.24) is 9.55 Å². The van der Waals surface area contributed by atoms with Crippen LogP contribution in [0.2, 0.25) is 0 Å². The number of imidazole rings is 1. The van der Waals surface area contributed by atoms with Gasteiger partial charge in [0.15, 0.2) is 0 Å². The predicted octanol–water partition coefficient (Wildman–Crippen LogP) is 13.2. The van der Waals surface area contributed by atoms with Gasteiger partial charge in [0.05, 0.1) is 52.1 Å². The van der Waals surface area contributed by atoms with Gasteiger partial charge in [-0.2, -0.15) is 0 Å². The van der Waals surface area contributed by atoms with Crippen LogP contribution in [0.5, 0.6) is 11.5 Å². The Balaban J connectivity index is 0.717. The number of nitrogens with zero attached hydrogens (tertiary/aromatic N) is 2. The van der Waals surface area contributed by atoms with Crippen molar-refractivity contribution in [1.29, 1.82) is 0 Å². The fourth-order valence-corrected chi connectivity index (χ4v) is 13.7. The number of aryl methyl sites for hydroxylation is 1. The Morgan fingerprint density at radius 1 is 0.423 bits per heavy atom. The average Bonchev–Trinajstić information content (AvgIpc) is 3.87. The fourth-order valence-electron chi connectivity index (χ4n) is 13.7. The Morgan fingerprint density at radius 3 is 1.12 bits per heavy atom. The molecule has 0 amide bonds. The summed E-state index contributed by atoms with van der Waals surface area (Å²) in [4.78, 5) is 85.4. The highest BCUT2D eigenvalue weighted by Crippen LogP contribution is 2.43. The van der Waals surface area contributed by atoms with Gasteiger partial charge in [0.2, 0.25) is 0 Å². The Labute approximate surface area is 462 Å². The Bertz CT molecular complexity index is 2580. The van der Waals surface area contributed by atoms with Gasteiger partial charge in [-0.1, -0.05) is 53.7 Å². The van der Waals surface area contributed by atoms with E-state index in [9.17, 15) is 28.8 Å². The third-order valence-electron chi connectivity index (χ3n) is 19.1. The van der Waals surface area contributed by atoms with Gasteiger partial charge >= 0.3 is 35.8 Å². The van der Waals surface area contributed by atoms with Crippen molar-refractivity contribution in [3.8, 4) is 22.9 Å². The summed E-state index contributed by atoms with van der Waals surface area (Å²) in [6.45, 7) is 13.7. The van der Waals surface area contributed by atoms with Crippen LogP contribution in [-0.4, -0.2) is 69.8 Å². The molecule has 0 saturated heterocycles. The van der Waals surface area contributed by atoms with Gasteiger partial charge in [-0.25, -0.2) is 4.98 Å². The first-order valence-electron chi connectivity index (χ1n) is 30.1. The lowest BCUT2D eigenvalue weighted by atomic mass is 9.70. The zero-order valence-electron chi connectivity index (χ0n) is 47.7. The van der Waals surface area contributed by atoms with Gasteiger partial charge in [-0.15, -0.1) is 0 Å². The van der Waals surface area contributed by atoms with Crippen molar-refractivity contribution in [3.05, 3.63) is 42.5 Å². The SMILES string of the molecule is Cn1c(-c2cc(OC(=O)C3CCC(C(=O)O[C@H]4CC[C@H](OC(=O)C5CCC(C(C)(C)C)CC5)CC4)CC3)ccc2OC(=O)C2CCC(C(=O)O[C@H]3CC[C@H](OC(=O)C4CCC(C(C)(C)C)CC4)CC3)CC2)nc2ccccc21. The molecule has 14 nitrogen and oxygen atoms in total. The van der Waals surface area contributed by atoms with E-state index in [0.717, 1.165) is 62.4 Å². The molecule has 0 N–H and O–H groups in total. The van der Waals surface area contributed by atoms with E-state index in [-0.39, 0.29) is 94.5 Å². The molecule has 78 heavy (non-hydrogen) atoms. The fraction of sp³-hybridized carbons (Fsp3) is 0.703. The van der Waals surface area contributed by atoms with Gasteiger partial charge in [-0.3, -0.25) is 28.8 Å². The van der Waals surface area contributed by atoms with Crippen LogP contribution in [-0.2, 0) is 54.8 Å². The number of fused-ring (bicyclic) bond motifs is 1. The quantitative estimate of drug-likeness (QED) is 0.0899. The van der Waals surface area contributed by atoms with E-state index < -0.39 is 17.8 Å². The van der Waals surface area contributed by atoms with Crippen LogP contribution in [0.15, 0.2) is 42.5 Å². The van der Waals surface area contributed by atoms with E-state index in [2.05, 4.69) is 41.5 Å². The standard InChI is InChI=1S/C64H88N2O12/c1-63(2,3)45-24-20-43(21-25-45)59(69)75-49-32-28-47(29-33-49)73-57(67)39-12-14-41(15-13-39)61(71)77-51-36-37-55(52(38-51)56-65-53-10-8-9-11-54(53)66(56)7)78-62(72)42-18-16-40(17-19-42)58(68)74-48-30-34-50(35-31-48)76-60(70)44-22-26-46(27-23-44)64(4,5)6/h8-11,36-50H,12-35H2,1-7H3/t39?,40?,41?,42?,43?,44?,45?,46?,47-,48-,49-,50-. The van der Waals surface area contributed by atoms with E-state index in [1.165, 1.54) is 0 Å². The van der Waals surface area contributed by atoms with Crippen molar-refractivity contribution >= 4 is 46.8 Å². The lowest BCUT2D eigenvalue weighted by molar-refractivity contribution is -0.165. The summed E-state index contributed by atoms with van der Waals surface area (Å²) in [5.74, 6) is -0.410. The third-order valence-corrected chi connectivity index (χ3v) is 19.1. The molecule has 426 valence electrons. The van der Waals surface area contributed by atoms with Gasteiger partial charge in [0, 0.05) is 7.05 Å². The molecule has 3 aromatic rings. The summed E-state index contributed by atoms with van der Waals surface area (Å²) in [7, 11) is 1.89. The molecule has 0 spiro atoms. The van der Waals surface area contributed by atoms with E-state index in [1.54, 1.807) is 18.2 Å². The molecule has 6 aliphatic carbocycles. The normalized spacial score (nSPS) is 30.1. The molecule has 6 fully saturated rings. The number of carbonyl (C=O) groups excluding carboxylic acids is 6. The molecule has 6 aliphatic rings. The molecule has 0 unspecified atom stereocenters. The molecule has 9 rings (SSSR count). The monoisotopic (exact) mass is 1080 g/mol. The van der Waals surface area contributed by atoms with E-state index in [1.807, 2.05) is 35.9 Å². The molecular weight excluding hydrogens is 989 g/mol. The van der Waals surface area contributed by atoms with Crippen molar-refractivity contribution < 1.29 is 57.2 Å². The number of hydrogen-bond acceptors (Lipinski definition) is 13. The highest BCUT2D eigenvalue weighted by molar-refractivity contribution is 5.85. The lowest BCUT2D eigenvalue weighted by Gasteiger charge is -2.37. The first kappa shape index (κ1) is 57.4. The topological polar surface area (TPSA) is 176 Å². The van der Waals surface area contributed by atoms with E-state index >= 15 is 0 Å². The summed E-state index contributed by atoms with van der Waals surface area (Å²) in [5.41, 5.74) is 2.65. The highest BCUT2D eigenvalue weighted by atomic mass is 16.6. The van der Waals surface area contributed by atoms with Gasteiger partial charge in [0.1, 0.15) is 41.7 Å². The maximum absolute atomic E-state index is 13.9. The number of aromatic nitrogens is 2. The predicted molar refractivity (Wildman–Crippen MR) is 295 cm³/mol. The molecule has 14 heteroatoms. The second kappa shape index (κ2) is 25.0. The zero-order chi connectivity index (χ0) is 55.3. The van der Waals surface area contributed by atoms with Crippen LogP contribution in [0.3, 0.4) is 0 Å². The molecule has 0 atom stereocenters. The number of benzene rings is 2. The van der Waals surface area contributed by atoms with Crippen LogP contribution >= 0.6 is 0 Å². The molecule has 0 aliphatic heterocycles. The molecular formula is C64H88N2O12. The van der Waals surface area contributed by atoms with Gasteiger partial charge < -0.3 is 33.0 Å². The minimum Gasteiger partial charge on any atom is -0.462 e. The summed E-state index contributed by atoms with van der Waals surface area (Å²) < 4.78 is 38.1. The zero-order valence-corrected chi connectivity index (χ0v) is 47.7. The smallest absolute Gasteiger partial charge is 0.314 e. The number of ether oxygens (including phenoxy) is 6. The second-order valence-corrected chi connectivity index (χ2v) is 26.5. The van der Waals surface area contributed by atoms with Crippen molar-refractivity contribution in [2.24, 2.45) is 65.2 Å². The van der Waals surface area contributed by atoms with Crippen LogP contribution < -0.4 is 9.47 Å².